The fourth-order valence-corrected chi connectivity index (χ4v) is 4.10. The van der Waals surface area contributed by atoms with Crippen LogP contribution < -0.4 is 15.1 Å². The van der Waals surface area contributed by atoms with E-state index in [2.05, 4.69) is 10.3 Å². The summed E-state index contributed by atoms with van der Waals surface area (Å²) < 4.78 is 14.1. The number of piperazine rings is 1. The Morgan fingerprint density at radius 1 is 1.00 bits per heavy atom. The Morgan fingerprint density at radius 2 is 1.72 bits per heavy atom. The third-order valence-corrected chi connectivity index (χ3v) is 6.04. The van der Waals surface area contributed by atoms with Gasteiger partial charge in [0.2, 0.25) is 5.91 Å². The molecule has 1 aromatic heterocycles. The molecular weight excluding hydrogens is 411 g/mol. The van der Waals surface area contributed by atoms with Gasteiger partial charge in [-0.15, -0.1) is 0 Å². The number of nitrogens with zero attached hydrogens (tertiary/aromatic N) is 3. The molecule has 2 N–H and O–H groups in total. The molecule has 0 unspecified atom stereocenters. The van der Waals surface area contributed by atoms with Crippen LogP contribution in [0, 0.1) is 11.7 Å². The molecular formula is C24H23FN4O3. The van der Waals surface area contributed by atoms with Crippen molar-refractivity contribution >= 4 is 40.0 Å². The van der Waals surface area contributed by atoms with Crippen LogP contribution >= 0.6 is 0 Å². The summed E-state index contributed by atoms with van der Waals surface area (Å²) in [6.07, 6.45) is 1.80. The molecule has 5 rings (SSSR count). The monoisotopic (exact) mass is 434 g/mol. The van der Waals surface area contributed by atoms with Crippen molar-refractivity contribution in [3.05, 3.63) is 59.9 Å². The molecule has 8 heteroatoms. The van der Waals surface area contributed by atoms with Crippen molar-refractivity contribution in [2.24, 2.45) is 5.92 Å². The predicted octanol–water partition coefficient (Wildman–Crippen LogP) is 3.75. The summed E-state index contributed by atoms with van der Waals surface area (Å²) in [5.41, 5.74) is 1.85. The van der Waals surface area contributed by atoms with Gasteiger partial charge >= 0.3 is 5.97 Å². The first-order valence-electron chi connectivity index (χ1n) is 10.7. The summed E-state index contributed by atoms with van der Waals surface area (Å²) in [6.45, 7) is 2.41. The fraction of sp³-hybridized carbons (Fsp3) is 0.292. The number of halogens is 1. The second-order valence-electron chi connectivity index (χ2n) is 8.25. The summed E-state index contributed by atoms with van der Waals surface area (Å²) in [7, 11) is 0. The van der Waals surface area contributed by atoms with Crippen LogP contribution in [0.15, 0.2) is 48.5 Å². The first kappa shape index (κ1) is 20.2. The largest absolute Gasteiger partial charge is 0.478 e. The Bertz CT molecular complexity index is 1200. The molecule has 2 heterocycles. The van der Waals surface area contributed by atoms with Crippen LogP contribution in [0.5, 0.6) is 0 Å². The van der Waals surface area contributed by atoms with E-state index in [9.17, 15) is 19.1 Å². The quantitative estimate of drug-likeness (QED) is 0.636. The van der Waals surface area contributed by atoms with Crippen molar-refractivity contribution < 1.29 is 19.1 Å². The Kier molecular flexibility index (Phi) is 5.13. The van der Waals surface area contributed by atoms with Crippen LogP contribution in [0.4, 0.5) is 21.6 Å². The molecule has 1 aliphatic heterocycles. The normalized spacial score (nSPS) is 16.3. The summed E-state index contributed by atoms with van der Waals surface area (Å²) in [5, 5.41) is 13.2. The smallest absolute Gasteiger partial charge is 0.336 e. The Morgan fingerprint density at radius 3 is 2.41 bits per heavy atom. The molecule has 1 saturated heterocycles. The number of nitrogens with one attached hydrogen (secondary N) is 1. The topological polar surface area (TPSA) is 85.8 Å². The van der Waals surface area contributed by atoms with Crippen LogP contribution in [-0.4, -0.2) is 48.1 Å². The highest BCUT2D eigenvalue weighted by molar-refractivity contribution is 6.05. The van der Waals surface area contributed by atoms with Gasteiger partial charge in [0.05, 0.1) is 16.8 Å². The number of aromatic carboxylic acids is 1. The highest BCUT2D eigenvalue weighted by atomic mass is 19.1. The fourth-order valence-electron chi connectivity index (χ4n) is 4.10. The third-order valence-electron chi connectivity index (χ3n) is 6.04. The molecule has 32 heavy (non-hydrogen) atoms. The van der Waals surface area contributed by atoms with Gasteiger partial charge in [-0.25, -0.2) is 14.2 Å². The first-order chi connectivity index (χ1) is 15.5. The number of carbonyl (C=O) groups excluding carboxylic acids is 1. The molecule has 2 fully saturated rings. The van der Waals surface area contributed by atoms with Crippen LogP contribution in [0.2, 0.25) is 0 Å². The van der Waals surface area contributed by atoms with E-state index in [1.54, 1.807) is 36.4 Å². The maximum atomic E-state index is 14.1. The predicted molar refractivity (Wildman–Crippen MR) is 121 cm³/mol. The van der Waals surface area contributed by atoms with Gasteiger partial charge in [-0.2, -0.15) is 0 Å². The zero-order chi connectivity index (χ0) is 22.2. The maximum Gasteiger partial charge on any atom is 0.336 e. The molecule has 1 saturated carbocycles. The van der Waals surface area contributed by atoms with Gasteiger partial charge in [0, 0.05) is 43.2 Å². The number of para-hydroxylation sites is 1. The molecule has 7 nitrogen and oxygen atoms in total. The molecule has 2 aliphatic rings. The minimum Gasteiger partial charge on any atom is -0.478 e. The average molecular weight is 434 g/mol. The van der Waals surface area contributed by atoms with Crippen molar-refractivity contribution in [3.8, 4) is 0 Å². The Balaban J connectivity index is 1.39. The number of aromatic nitrogens is 1. The van der Waals surface area contributed by atoms with Crippen LogP contribution in [0.3, 0.4) is 0 Å². The van der Waals surface area contributed by atoms with Crippen molar-refractivity contribution in [1.82, 2.24) is 4.98 Å². The molecule has 2 aromatic carbocycles. The van der Waals surface area contributed by atoms with E-state index in [1.807, 2.05) is 15.9 Å². The highest BCUT2D eigenvalue weighted by Gasteiger charge is 2.29. The minimum atomic E-state index is -1.05. The lowest BCUT2D eigenvalue weighted by Gasteiger charge is -2.37. The molecule has 0 bridgehead atoms. The van der Waals surface area contributed by atoms with Gasteiger partial charge in [-0.1, -0.05) is 12.1 Å². The zero-order valence-corrected chi connectivity index (χ0v) is 17.4. The van der Waals surface area contributed by atoms with Gasteiger partial charge in [0.15, 0.2) is 0 Å². The standard InChI is InChI=1S/C24H23FN4O3/c25-19-3-1-2-4-21(19)28-9-11-29(12-10-28)22-14-18(24(31)32)17-13-16(7-8-20(17)27-22)26-23(30)15-5-6-15/h1-4,7-8,13-15H,5-6,9-12H2,(H,26,30)(H,31,32). The minimum absolute atomic E-state index is 0.0291. The maximum absolute atomic E-state index is 14.1. The lowest BCUT2D eigenvalue weighted by Crippen LogP contribution is -2.47. The van der Waals surface area contributed by atoms with Gasteiger partial charge in [-0.05, 0) is 49.2 Å². The van der Waals surface area contributed by atoms with E-state index in [-0.39, 0.29) is 23.2 Å². The molecule has 0 atom stereocenters. The first-order valence-corrected chi connectivity index (χ1v) is 10.7. The number of fused-ring (bicyclic) bond motifs is 1. The summed E-state index contributed by atoms with van der Waals surface area (Å²) in [6, 6.07) is 13.4. The number of amides is 1. The number of anilines is 3. The summed E-state index contributed by atoms with van der Waals surface area (Å²) in [5.74, 6) is -0.679. The number of benzene rings is 2. The number of rotatable bonds is 5. The lowest BCUT2D eigenvalue weighted by atomic mass is 10.1. The molecule has 1 aliphatic carbocycles. The number of hydrogen-bond acceptors (Lipinski definition) is 5. The van der Waals surface area contributed by atoms with E-state index < -0.39 is 5.97 Å². The molecule has 3 aromatic rings. The number of hydrogen-bond donors (Lipinski definition) is 2. The second kappa shape index (κ2) is 8.11. The van der Waals surface area contributed by atoms with E-state index in [0.717, 1.165) is 12.8 Å². The second-order valence-corrected chi connectivity index (χ2v) is 8.25. The number of pyridine rings is 1. The molecule has 164 valence electrons. The van der Waals surface area contributed by atoms with Gasteiger partial charge in [0.1, 0.15) is 11.6 Å². The van der Waals surface area contributed by atoms with E-state index in [4.69, 9.17) is 0 Å². The zero-order valence-electron chi connectivity index (χ0n) is 17.4. The van der Waals surface area contributed by atoms with Crippen molar-refractivity contribution in [2.75, 3.05) is 41.3 Å². The molecule has 1 amide bonds. The van der Waals surface area contributed by atoms with Crippen LogP contribution in [-0.2, 0) is 4.79 Å². The van der Waals surface area contributed by atoms with Crippen molar-refractivity contribution in [2.45, 2.75) is 12.8 Å². The lowest BCUT2D eigenvalue weighted by molar-refractivity contribution is -0.117. The van der Waals surface area contributed by atoms with E-state index in [1.165, 1.54) is 6.07 Å². The van der Waals surface area contributed by atoms with Gasteiger partial charge < -0.3 is 20.2 Å². The van der Waals surface area contributed by atoms with Crippen molar-refractivity contribution in [3.63, 3.8) is 0 Å². The average Bonchev–Trinajstić information content (AvgIpc) is 3.64. The van der Waals surface area contributed by atoms with E-state index >= 15 is 0 Å². The SMILES string of the molecule is O=C(O)c1cc(N2CCN(c3ccccc3F)CC2)nc2ccc(NC(=O)C3CC3)cc12. The Labute approximate surface area is 184 Å². The summed E-state index contributed by atoms with van der Waals surface area (Å²) >= 11 is 0. The van der Waals surface area contributed by atoms with Gasteiger partial charge in [0.25, 0.3) is 0 Å². The molecule has 0 spiro atoms. The van der Waals surface area contributed by atoms with Crippen LogP contribution in [0.25, 0.3) is 10.9 Å². The number of carboxylic acids is 1. The van der Waals surface area contributed by atoms with Gasteiger partial charge in [-0.3, -0.25) is 4.79 Å². The highest BCUT2D eigenvalue weighted by Crippen LogP contribution is 2.32. The van der Waals surface area contributed by atoms with Crippen molar-refractivity contribution in [1.29, 1.82) is 0 Å². The van der Waals surface area contributed by atoms with Crippen LogP contribution in [0.1, 0.15) is 23.2 Å². The number of carboxylic acid groups (broad SMARTS) is 1. The number of carbonyl (C=O) groups is 2. The molecule has 0 radical (unpaired) electrons. The Hall–Kier alpha value is -3.68. The summed E-state index contributed by atoms with van der Waals surface area (Å²) in [4.78, 5) is 32.7. The van der Waals surface area contributed by atoms with E-state index in [0.29, 0.717) is 54.3 Å². The third kappa shape index (κ3) is 3.95.